The molecule has 0 aliphatic rings. The number of nitrogens with one attached hydrogen (secondary N) is 2. The highest BCUT2D eigenvalue weighted by molar-refractivity contribution is 7.89. The first-order valence-corrected chi connectivity index (χ1v) is 8.67. The van der Waals surface area contributed by atoms with E-state index >= 15 is 0 Å². The minimum Gasteiger partial charge on any atom is -0.277 e. The molecule has 0 fully saturated rings. The van der Waals surface area contributed by atoms with Gasteiger partial charge < -0.3 is 0 Å². The number of amides is 1. The summed E-state index contributed by atoms with van der Waals surface area (Å²) in [6, 6.07) is 11.4. The molecule has 0 saturated heterocycles. The highest BCUT2D eigenvalue weighted by atomic mass is 32.2. The third-order valence-electron chi connectivity index (χ3n) is 3.47. The average Bonchev–Trinajstić information content (AvgIpc) is 2.52. The third kappa shape index (κ3) is 4.07. The number of carbonyl (C=O) groups is 1. The largest absolute Gasteiger partial charge is 0.277 e. The summed E-state index contributed by atoms with van der Waals surface area (Å²) >= 11 is 0. The van der Waals surface area contributed by atoms with Crippen molar-refractivity contribution < 1.29 is 18.0 Å². The first kappa shape index (κ1) is 17.4. The molecule has 0 aliphatic carbocycles. The van der Waals surface area contributed by atoms with E-state index < -0.39 is 22.0 Å². The predicted molar refractivity (Wildman–Crippen MR) is 88.0 cm³/mol. The lowest BCUT2D eigenvalue weighted by Crippen LogP contribution is -2.49. The Bertz CT molecular complexity index is 803. The normalized spacial score (nSPS) is 13.2. The van der Waals surface area contributed by atoms with Crippen molar-refractivity contribution in [3.8, 4) is 0 Å². The zero-order chi connectivity index (χ0) is 17.0. The van der Waals surface area contributed by atoms with Gasteiger partial charge >= 0.3 is 0 Å². The van der Waals surface area contributed by atoms with Gasteiger partial charge in [0, 0.05) is 0 Å². The van der Waals surface area contributed by atoms with Gasteiger partial charge in [-0.05, 0) is 28.8 Å². The van der Waals surface area contributed by atoms with Crippen LogP contribution in [0.3, 0.4) is 0 Å². The Labute approximate surface area is 135 Å². The number of carbonyl (C=O) groups excluding carboxylic acids is 1. The van der Waals surface area contributed by atoms with Crippen LogP contribution in [0, 0.1) is 5.92 Å². The van der Waals surface area contributed by atoms with E-state index in [2.05, 4.69) is 15.0 Å². The van der Waals surface area contributed by atoms with E-state index in [0.29, 0.717) is 0 Å². The number of hydroxylamine groups is 1. The van der Waals surface area contributed by atoms with E-state index in [4.69, 9.17) is 0 Å². The molecule has 6 nitrogen and oxygen atoms in total. The third-order valence-corrected chi connectivity index (χ3v) is 4.90. The smallest absolute Gasteiger partial charge is 0.261 e. The van der Waals surface area contributed by atoms with Gasteiger partial charge in [0.15, 0.2) is 0 Å². The number of rotatable bonds is 6. The molecular weight excluding hydrogens is 316 g/mol. The van der Waals surface area contributed by atoms with Gasteiger partial charge in [-0.2, -0.15) is 4.72 Å². The maximum atomic E-state index is 12.6. The van der Waals surface area contributed by atoms with E-state index in [0.717, 1.165) is 10.8 Å². The molecule has 0 unspecified atom stereocenters. The molecule has 2 rings (SSSR count). The minimum absolute atomic E-state index is 0.118. The van der Waals surface area contributed by atoms with Crippen molar-refractivity contribution in [1.82, 2.24) is 10.2 Å². The number of benzene rings is 2. The summed E-state index contributed by atoms with van der Waals surface area (Å²) in [6.45, 7) is 3.51. The van der Waals surface area contributed by atoms with Crippen LogP contribution >= 0.6 is 0 Å². The molecule has 0 saturated carbocycles. The fraction of sp³-hybridized carbons (Fsp3) is 0.312. The number of hydrogen-bond acceptors (Lipinski definition) is 4. The van der Waals surface area contributed by atoms with E-state index in [1.54, 1.807) is 26.0 Å². The van der Waals surface area contributed by atoms with E-state index in [1.165, 1.54) is 13.2 Å². The first-order chi connectivity index (χ1) is 10.8. The predicted octanol–water partition coefficient (Wildman–Crippen LogP) is 1.82. The fourth-order valence-electron chi connectivity index (χ4n) is 2.23. The van der Waals surface area contributed by atoms with Crippen molar-refractivity contribution in [1.29, 1.82) is 0 Å². The molecule has 0 aromatic heterocycles. The zero-order valence-corrected chi connectivity index (χ0v) is 14.1. The molecule has 1 atom stereocenters. The molecule has 0 bridgehead atoms. The Morgan fingerprint density at radius 2 is 1.74 bits per heavy atom. The van der Waals surface area contributed by atoms with Gasteiger partial charge in [-0.15, -0.1) is 0 Å². The Morgan fingerprint density at radius 3 is 2.35 bits per heavy atom. The van der Waals surface area contributed by atoms with Gasteiger partial charge in [0.2, 0.25) is 10.0 Å². The summed E-state index contributed by atoms with van der Waals surface area (Å²) in [6.07, 6.45) is 0. The molecule has 0 radical (unpaired) electrons. The maximum Gasteiger partial charge on any atom is 0.261 e. The van der Waals surface area contributed by atoms with Crippen LogP contribution in [0.2, 0.25) is 0 Å². The molecule has 124 valence electrons. The summed E-state index contributed by atoms with van der Waals surface area (Å²) in [5.74, 6) is -0.771. The van der Waals surface area contributed by atoms with Crippen molar-refractivity contribution in [3.05, 3.63) is 42.5 Å². The van der Waals surface area contributed by atoms with Crippen LogP contribution < -0.4 is 10.2 Å². The van der Waals surface area contributed by atoms with E-state index in [9.17, 15) is 13.2 Å². The summed E-state index contributed by atoms with van der Waals surface area (Å²) in [7, 11) is -2.53. The van der Waals surface area contributed by atoms with E-state index in [-0.39, 0.29) is 10.8 Å². The van der Waals surface area contributed by atoms with Crippen molar-refractivity contribution >= 4 is 26.7 Å². The van der Waals surface area contributed by atoms with Crippen molar-refractivity contribution in [2.24, 2.45) is 5.92 Å². The number of sulfonamides is 1. The topological polar surface area (TPSA) is 84.5 Å². The van der Waals surface area contributed by atoms with Gasteiger partial charge in [0.25, 0.3) is 5.91 Å². The molecule has 0 heterocycles. The van der Waals surface area contributed by atoms with Crippen molar-refractivity contribution in [2.45, 2.75) is 24.8 Å². The van der Waals surface area contributed by atoms with Gasteiger partial charge in [-0.3, -0.25) is 9.63 Å². The molecule has 2 N–H and O–H groups in total. The second-order valence-corrected chi connectivity index (χ2v) is 7.24. The van der Waals surface area contributed by atoms with Gasteiger partial charge in [0.1, 0.15) is 6.04 Å². The number of fused-ring (bicyclic) bond motifs is 1. The van der Waals surface area contributed by atoms with Crippen LogP contribution in [-0.4, -0.2) is 27.5 Å². The van der Waals surface area contributed by atoms with Crippen molar-refractivity contribution in [2.75, 3.05) is 7.11 Å². The molecule has 2 aromatic carbocycles. The number of hydrogen-bond donors (Lipinski definition) is 2. The quantitative estimate of drug-likeness (QED) is 0.788. The van der Waals surface area contributed by atoms with Gasteiger partial charge in [-0.1, -0.05) is 44.2 Å². The summed E-state index contributed by atoms with van der Waals surface area (Å²) in [4.78, 5) is 16.6. The second kappa shape index (κ2) is 7.08. The maximum absolute atomic E-state index is 12.6. The van der Waals surface area contributed by atoms with Crippen molar-refractivity contribution in [3.63, 3.8) is 0 Å². The monoisotopic (exact) mass is 336 g/mol. The average molecular weight is 336 g/mol. The molecule has 0 spiro atoms. The standard InChI is InChI=1S/C16H20N2O4S/c1-11(2)15(16(19)17-22-3)18-23(20,21)14-9-8-12-6-4-5-7-13(12)10-14/h4-11,15,18H,1-3H3,(H,17,19)/t15-/m0/s1. The lowest BCUT2D eigenvalue weighted by atomic mass is 10.1. The van der Waals surface area contributed by atoms with Crippen LogP contribution in [0.1, 0.15) is 13.8 Å². The summed E-state index contributed by atoms with van der Waals surface area (Å²) in [5.41, 5.74) is 2.16. The highest BCUT2D eigenvalue weighted by Crippen LogP contribution is 2.19. The summed E-state index contributed by atoms with van der Waals surface area (Å²) < 4.78 is 27.6. The Balaban J connectivity index is 2.33. The molecule has 2 aromatic rings. The fourth-order valence-corrected chi connectivity index (χ4v) is 3.61. The Hall–Kier alpha value is -1.96. The van der Waals surface area contributed by atoms with E-state index in [1.807, 2.05) is 24.3 Å². The molecular formula is C16H20N2O4S. The lowest BCUT2D eigenvalue weighted by molar-refractivity contribution is -0.134. The van der Waals surface area contributed by atoms with Gasteiger partial charge in [0.05, 0.1) is 12.0 Å². The zero-order valence-electron chi connectivity index (χ0n) is 13.2. The second-order valence-electron chi connectivity index (χ2n) is 5.52. The van der Waals surface area contributed by atoms with Crippen LogP contribution in [0.4, 0.5) is 0 Å². The van der Waals surface area contributed by atoms with Crippen LogP contribution in [-0.2, 0) is 19.7 Å². The van der Waals surface area contributed by atoms with Crippen LogP contribution in [0.15, 0.2) is 47.4 Å². The highest BCUT2D eigenvalue weighted by Gasteiger charge is 2.28. The lowest BCUT2D eigenvalue weighted by Gasteiger charge is -2.21. The minimum atomic E-state index is -3.83. The summed E-state index contributed by atoms with van der Waals surface area (Å²) in [5, 5.41) is 1.77. The Kier molecular flexibility index (Phi) is 5.35. The molecule has 1 amide bonds. The molecule has 23 heavy (non-hydrogen) atoms. The first-order valence-electron chi connectivity index (χ1n) is 7.19. The molecule has 0 aliphatic heterocycles. The SMILES string of the molecule is CONC(=O)[C@@H](NS(=O)(=O)c1ccc2ccccc2c1)C(C)C. The van der Waals surface area contributed by atoms with Gasteiger partial charge in [-0.25, -0.2) is 13.9 Å². The van der Waals surface area contributed by atoms with Crippen LogP contribution in [0.5, 0.6) is 0 Å². The Morgan fingerprint density at radius 1 is 1.09 bits per heavy atom. The van der Waals surface area contributed by atoms with Crippen LogP contribution in [0.25, 0.3) is 10.8 Å². The molecule has 7 heteroatoms.